The largest absolute Gasteiger partial charge is 0.0828 e. The van der Waals surface area contributed by atoms with Gasteiger partial charge in [-0.25, -0.2) is 0 Å². The van der Waals surface area contributed by atoms with Gasteiger partial charge in [-0.3, -0.25) is 0 Å². The average Bonchev–Trinajstić information content (AvgIpc) is 1.83. The van der Waals surface area contributed by atoms with Crippen molar-refractivity contribution in [2.75, 3.05) is 0 Å². The molecule has 0 amide bonds. The van der Waals surface area contributed by atoms with Crippen molar-refractivity contribution in [1.29, 1.82) is 0 Å². The number of hydrogen-bond donors (Lipinski definition) is 0. The van der Waals surface area contributed by atoms with Crippen LogP contribution in [0, 0.1) is 5.92 Å². The first-order chi connectivity index (χ1) is 5.18. The summed E-state index contributed by atoms with van der Waals surface area (Å²) >= 11 is 0. The van der Waals surface area contributed by atoms with E-state index in [0.29, 0.717) is 5.82 Å². The van der Waals surface area contributed by atoms with Gasteiger partial charge < -0.3 is 0 Å². The van der Waals surface area contributed by atoms with E-state index in [2.05, 4.69) is 19.9 Å². The first-order valence-corrected chi connectivity index (χ1v) is 4.61. The fraction of sp³-hybridized carbons (Fsp3) is 0.800. The van der Waals surface area contributed by atoms with E-state index < -0.39 is 0 Å². The molecule has 2 atom stereocenters. The van der Waals surface area contributed by atoms with Crippen LogP contribution in [0.4, 0.5) is 0 Å². The summed E-state index contributed by atoms with van der Waals surface area (Å²) in [7, 11) is 5.90. The van der Waals surface area contributed by atoms with Crippen LogP contribution in [0.15, 0.2) is 11.6 Å². The smallest absolute Gasteiger partial charge is 0.0703 e. The number of hydrogen-bond acceptors (Lipinski definition) is 0. The molecule has 0 saturated heterocycles. The number of rotatable bonds is 0. The molecule has 0 spiro atoms. The second-order valence-electron chi connectivity index (χ2n) is 3.89. The van der Waals surface area contributed by atoms with E-state index in [9.17, 15) is 0 Å². The third-order valence-electron chi connectivity index (χ3n) is 2.39. The molecule has 0 aromatic carbocycles. The first-order valence-electron chi connectivity index (χ1n) is 4.61. The molecule has 0 heterocycles. The van der Waals surface area contributed by atoms with Crippen molar-refractivity contribution in [2.24, 2.45) is 5.92 Å². The van der Waals surface area contributed by atoms with Gasteiger partial charge >= 0.3 is 0 Å². The summed E-state index contributed by atoms with van der Waals surface area (Å²) in [5.41, 5.74) is 1.48. The van der Waals surface area contributed by atoms with Crippen LogP contribution < -0.4 is 0 Å². The molecular formula is C10H17B. The fourth-order valence-corrected chi connectivity index (χ4v) is 1.85. The summed E-state index contributed by atoms with van der Waals surface area (Å²) in [5.74, 6) is 1.18. The van der Waals surface area contributed by atoms with Gasteiger partial charge in [0, 0.05) is 0 Å². The molecule has 0 saturated carbocycles. The van der Waals surface area contributed by atoms with Gasteiger partial charge in [0.05, 0.1) is 7.85 Å². The monoisotopic (exact) mass is 148 g/mol. The first kappa shape index (κ1) is 8.90. The minimum absolute atomic E-state index is 0.416. The molecular weight excluding hydrogens is 131 g/mol. The lowest BCUT2D eigenvalue weighted by atomic mass is 9.76. The highest BCUT2D eigenvalue weighted by atomic mass is 14.1. The third-order valence-corrected chi connectivity index (χ3v) is 2.39. The van der Waals surface area contributed by atoms with Crippen molar-refractivity contribution < 1.29 is 0 Å². The minimum Gasteiger partial charge on any atom is -0.0828 e. The average molecular weight is 148 g/mol. The van der Waals surface area contributed by atoms with E-state index in [1.807, 2.05) is 0 Å². The van der Waals surface area contributed by atoms with E-state index >= 15 is 0 Å². The Morgan fingerprint density at radius 2 is 2.18 bits per heavy atom. The highest BCUT2D eigenvalue weighted by Crippen LogP contribution is 2.26. The zero-order chi connectivity index (χ0) is 8.27. The molecule has 0 fully saturated rings. The summed E-state index contributed by atoms with van der Waals surface area (Å²) in [6.07, 6.45) is 7.29. The standard InChI is InChI=1S/C10H17B/c1-8-4-3-5-10(11)7-9(2)6-8/h6,8,10H,3-5,7H2,1-2H3/b9-6+. The van der Waals surface area contributed by atoms with E-state index in [1.165, 1.54) is 24.8 Å². The van der Waals surface area contributed by atoms with Gasteiger partial charge in [-0.15, -0.1) is 0 Å². The van der Waals surface area contributed by atoms with Gasteiger partial charge in [0.2, 0.25) is 0 Å². The van der Waals surface area contributed by atoms with Crippen LogP contribution in [0.5, 0.6) is 0 Å². The van der Waals surface area contributed by atoms with Crippen molar-refractivity contribution in [3.8, 4) is 0 Å². The summed E-state index contributed by atoms with van der Waals surface area (Å²) in [5, 5.41) is 0. The Kier molecular flexibility index (Phi) is 3.23. The maximum atomic E-state index is 5.90. The Labute approximate surface area is 71.5 Å². The Morgan fingerprint density at radius 3 is 2.91 bits per heavy atom. The van der Waals surface area contributed by atoms with Crippen LogP contribution in [0.3, 0.4) is 0 Å². The second kappa shape index (κ2) is 3.99. The molecule has 1 aliphatic carbocycles. The van der Waals surface area contributed by atoms with Gasteiger partial charge in [0.1, 0.15) is 0 Å². The van der Waals surface area contributed by atoms with E-state index in [0.717, 1.165) is 12.3 Å². The maximum Gasteiger partial charge on any atom is 0.0703 e. The zero-order valence-corrected chi connectivity index (χ0v) is 7.64. The third kappa shape index (κ3) is 3.13. The van der Waals surface area contributed by atoms with Crippen molar-refractivity contribution in [3.63, 3.8) is 0 Å². The Bertz CT molecular complexity index is 149. The fourth-order valence-electron chi connectivity index (χ4n) is 1.85. The van der Waals surface area contributed by atoms with Gasteiger partial charge in [-0.2, -0.15) is 0 Å². The molecule has 1 aliphatic rings. The molecule has 0 N–H and O–H groups in total. The normalized spacial score (nSPS) is 38.5. The summed E-state index contributed by atoms with van der Waals surface area (Å²) < 4.78 is 0. The Morgan fingerprint density at radius 1 is 1.45 bits per heavy atom. The van der Waals surface area contributed by atoms with Crippen LogP contribution >= 0.6 is 0 Å². The van der Waals surface area contributed by atoms with E-state index in [4.69, 9.17) is 7.85 Å². The van der Waals surface area contributed by atoms with Crippen LogP contribution in [0.25, 0.3) is 0 Å². The van der Waals surface area contributed by atoms with Gasteiger partial charge in [-0.1, -0.05) is 37.2 Å². The SMILES string of the molecule is [B]C1CCCC(C)/C=C(\C)C1. The molecule has 11 heavy (non-hydrogen) atoms. The maximum absolute atomic E-state index is 5.90. The molecule has 0 bridgehead atoms. The molecule has 2 radical (unpaired) electrons. The van der Waals surface area contributed by atoms with Crippen LogP contribution in [0.1, 0.15) is 39.5 Å². The van der Waals surface area contributed by atoms with Gasteiger partial charge in [0.15, 0.2) is 0 Å². The van der Waals surface area contributed by atoms with E-state index in [1.54, 1.807) is 0 Å². The molecule has 60 valence electrons. The van der Waals surface area contributed by atoms with Gasteiger partial charge in [-0.05, 0) is 25.7 Å². The molecule has 0 aromatic heterocycles. The quantitative estimate of drug-likeness (QED) is 0.365. The lowest BCUT2D eigenvalue weighted by molar-refractivity contribution is 0.542. The topological polar surface area (TPSA) is 0 Å². The predicted molar refractivity (Wildman–Crippen MR) is 50.9 cm³/mol. The Hall–Kier alpha value is -0.195. The highest BCUT2D eigenvalue weighted by Gasteiger charge is 2.08. The van der Waals surface area contributed by atoms with Crippen molar-refractivity contribution in [2.45, 2.75) is 45.3 Å². The molecule has 0 nitrogen and oxygen atoms in total. The molecule has 0 aromatic rings. The van der Waals surface area contributed by atoms with Crippen molar-refractivity contribution in [1.82, 2.24) is 0 Å². The van der Waals surface area contributed by atoms with E-state index in [-0.39, 0.29) is 0 Å². The lowest BCUT2D eigenvalue weighted by Crippen LogP contribution is -2.01. The van der Waals surface area contributed by atoms with Crippen molar-refractivity contribution in [3.05, 3.63) is 11.6 Å². The van der Waals surface area contributed by atoms with Crippen LogP contribution in [-0.4, -0.2) is 7.85 Å². The minimum atomic E-state index is 0.416. The van der Waals surface area contributed by atoms with Crippen LogP contribution in [0.2, 0.25) is 5.82 Å². The molecule has 1 rings (SSSR count). The highest BCUT2D eigenvalue weighted by molar-refractivity contribution is 6.11. The van der Waals surface area contributed by atoms with Crippen LogP contribution in [-0.2, 0) is 0 Å². The molecule has 1 heteroatoms. The summed E-state index contributed by atoms with van der Waals surface area (Å²) in [6, 6.07) is 0. The number of allylic oxidation sites excluding steroid dienone is 2. The molecule has 0 aliphatic heterocycles. The molecule has 2 unspecified atom stereocenters. The summed E-state index contributed by atoms with van der Waals surface area (Å²) in [6.45, 7) is 4.49. The predicted octanol–water partition coefficient (Wildman–Crippen LogP) is 3.10. The zero-order valence-electron chi connectivity index (χ0n) is 7.64. The van der Waals surface area contributed by atoms with Crippen molar-refractivity contribution >= 4 is 7.85 Å². The van der Waals surface area contributed by atoms with Gasteiger partial charge in [0.25, 0.3) is 0 Å². The lowest BCUT2D eigenvalue weighted by Gasteiger charge is -2.18. The second-order valence-corrected chi connectivity index (χ2v) is 3.89. The summed E-state index contributed by atoms with van der Waals surface area (Å²) in [4.78, 5) is 0. The Balaban J connectivity index is 2.54.